The zero-order valence-corrected chi connectivity index (χ0v) is 16.6. The molecule has 0 aliphatic heterocycles. The van der Waals surface area contributed by atoms with Crippen LogP contribution in [0.15, 0.2) is 103 Å². The zero-order valence-electron chi connectivity index (χ0n) is 16.6. The van der Waals surface area contributed by atoms with Gasteiger partial charge in [0.2, 0.25) is 0 Å². The third kappa shape index (κ3) is 3.87. The van der Waals surface area contributed by atoms with E-state index in [-0.39, 0.29) is 17.2 Å². The highest BCUT2D eigenvalue weighted by Crippen LogP contribution is 2.44. The van der Waals surface area contributed by atoms with Crippen LogP contribution in [-0.2, 0) is 11.8 Å². The lowest BCUT2D eigenvalue weighted by Gasteiger charge is -2.36. The minimum Gasteiger partial charge on any atom is -0.508 e. The molecular formula is C27H24O3. The quantitative estimate of drug-likeness (QED) is 0.363. The third-order valence-electron chi connectivity index (χ3n) is 5.71. The summed E-state index contributed by atoms with van der Waals surface area (Å²) in [5.74, 6) is 0.645. The van der Waals surface area contributed by atoms with E-state index in [9.17, 15) is 15.3 Å². The van der Waals surface area contributed by atoms with Crippen LogP contribution in [0.2, 0.25) is 0 Å². The average molecular weight is 396 g/mol. The average Bonchev–Trinajstić information content (AvgIpc) is 2.78. The molecule has 4 rings (SSSR count). The van der Waals surface area contributed by atoms with Crippen molar-refractivity contribution < 1.29 is 15.3 Å². The number of aryl methyl sites for hydroxylation is 1. The van der Waals surface area contributed by atoms with Gasteiger partial charge in [0.05, 0.1) is 0 Å². The number of benzene rings is 4. The molecule has 30 heavy (non-hydrogen) atoms. The SMILES string of the molecule is Oc1ccc(C(CCc2ccccc2)(c2ccc(O)cc2)c2ccc(O)cc2)cc1. The van der Waals surface area contributed by atoms with Crippen LogP contribution in [0.3, 0.4) is 0 Å². The van der Waals surface area contributed by atoms with Gasteiger partial charge in [0, 0.05) is 5.41 Å². The molecule has 0 spiro atoms. The van der Waals surface area contributed by atoms with Gasteiger partial charge in [-0.3, -0.25) is 0 Å². The molecule has 3 N–H and O–H groups in total. The molecule has 0 atom stereocenters. The fraction of sp³-hybridized carbons (Fsp3) is 0.111. The lowest BCUT2D eigenvalue weighted by Crippen LogP contribution is -2.30. The fourth-order valence-corrected chi connectivity index (χ4v) is 4.15. The highest BCUT2D eigenvalue weighted by Gasteiger charge is 2.36. The van der Waals surface area contributed by atoms with Crippen molar-refractivity contribution in [3.8, 4) is 17.2 Å². The van der Waals surface area contributed by atoms with E-state index in [1.165, 1.54) is 5.56 Å². The first kappa shape index (κ1) is 19.6. The Kier molecular flexibility index (Phi) is 5.44. The molecule has 0 saturated carbocycles. The number of hydrogen-bond donors (Lipinski definition) is 3. The van der Waals surface area contributed by atoms with Crippen molar-refractivity contribution in [1.29, 1.82) is 0 Å². The molecule has 4 aromatic carbocycles. The first-order valence-electron chi connectivity index (χ1n) is 10.0. The van der Waals surface area contributed by atoms with Crippen LogP contribution in [0.1, 0.15) is 28.7 Å². The molecule has 3 heteroatoms. The summed E-state index contributed by atoms with van der Waals surface area (Å²) in [5.41, 5.74) is 3.82. The second-order valence-corrected chi connectivity index (χ2v) is 7.53. The van der Waals surface area contributed by atoms with Crippen molar-refractivity contribution in [2.24, 2.45) is 0 Å². The van der Waals surface area contributed by atoms with Crippen LogP contribution in [0.4, 0.5) is 0 Å². The van der Waals surface area contributed by atoms with Gasteiger partial charge in [0.15, 0.2) is 0 Å². The first-order valence-corrected chi connectivity index (χ1v) is 10.0. The summed E-state index contributed by atoms with van der Waals surface area (Å²) < 4.78 is 0. The Bertz CT molecular complexity index is 973. The molecule has 0 radical (unpaired) electrons. The van der Waals surface area contributed by atoms with E-state index in [4.69, 9.17) is 0 Å². The Balaban J connectivity index is 1.92. The maximum Gasteiger partial charge on any atom is 0.115 e. The van der Waals surface area contributed by atoms with E-state index in [1.54, 1.807) is 36.4 Å². The molecule has 0 aromatic heterocycles. The molecule has 4 aromatic rings. The Labute approximate surface area is 176 Å². The number of aromatic hydroxyl groups is 3. The van der Waals surface area contributed by atoms with Crippen LogP contribution in [-0.4, -0.2) is 15.3 Å². The van der Waals surface area contributed by atoms with E-state index in [1.807, 2.05) is 54.6 Å². The second kappa shape index (κ2) is 8.34. The molecule has 3 nitrogen and oxygen atoms in total. The van der Waals surface area contributed by atoms with Crippen LogP contribution in [0.25, 0.3) is 0 Å². The number of phenols is 3. The minimum absolute atomic E-state index is 0.215. The van der Waals surface area contributed by atoms with Gasteiger partial charge in [-0.15, -0.1) is 0 Å². The van der Waals surface area contributed by atoms with Crippen LogP contribution < -0.4 is 0 Å². The normalized spacial score (nSPS) is 11.3. The van der Waals surface area contributed by atoms with Gasteiger partial charge in [-0.1, -0.05) is 66.7 Å². The Morgan fingerprint density at radius 2 is 0.833 bits per heavy atom. The predicted octanol–water partition coefficient (Wildman–Crippen LogP) is 5.77. The summed E-state index contributed by atoms with van der Waals surface area (Å²) >= 11 is 0. The van der Waals surface area contributed by atoms with Gasteiger partial charge >= 0.3 is 0 Å². The lowest BCUT2D eigenvalue weighted by molar-refractivity contribution is 0.472. The third-order valence-corrected chi connectivity index (χ3v) is 5.71. The van der Waals surface area contributed by atoms with E-state index in [0.29, 0.717) is 0 Å². The van der Waals surface area contributed by atoms with Gasteiger partial charge in [-0.2, -0.15) is 0 Å². The van der Waals surface area contributed by atoms with Crippen molar-refractivity contribution in [3.63, 3.8) is 0 Å². The standard InChI is InChI=1S/C27H24O3/c28-24-12-6-21(7-13-24)27(22-8-14-25(29)15-9-22,23-10-16-26(30)17-11-23)19-18-20-4-2-1-3-5-20/h1-17,28-30H,18-19H2. The van der Waals surface area contributed by atoms with E-state index >= 15 is 0 Å². The van der Waals surface area contributed by atoms with Crippen LogP contribution in [0, 0.1) is 0 Å². The minimum atomic E-state index is -0.523. The maximum absolute atomic E-state index is 9.88. The fourth-order valence-electron chi connectivity index (χ4n) is 4.15. The Morgan fingerprint density at radius 3 is 1.20 bits per heavy atom. The van der Waals surface area contributed by atoms with Gasteiger partial charge < -0.3 is 15.3 Å². The van der Waals surface area contributed by atoms with E-state index in [2.05, 4.69) is 12.1 Å². The topological polar surface area (TPSA) is 60.7 Å². The molecule has 0 saturated heterocycles. The van der Waals surface area contributed by atoms with Crippen molar-refractivity contribution in [1.82, 2.24) is 0 Å². The summed E-state index contributed by atoms with van der Waals surface area (Å²) in [6, 6.07) is 32.2. The van der Waals surface area contributed by atoms with Crippen LogP contribution in [0.5, 0.6) is 17.2 Å². The van der Waals surface area contributed by atoms with Gasteiger partial charge in [0.25, 0.3) is 0 Å². The summed E-state index contributed by atoms with van der Waals surface area (Å²) in [6.45, 7) is 0. The van der Waals surface area contributed by atoms with Crippen molar-refractivity contribution >= 4 is 0 Å². The summed E-state index contributed by atoms with van der Waals surface area (Å²) in [7, 11) is 0. The van der Waals surface area contributed by atoms with Crippen molar-refractivity contribution in [2.75, 3.05) is 0 Å². The number of hydrogen-bond acceptors (Lipinski definition) is 3. The maximum atomic E-state index is 9.88. The smallest absolute Gasteiger partial charge is 0.115 e. The first-order chi connectivity index (χ1) is 14.6. The predicted molar refractivity (Wildman–Crippen MR) is 119 cm³/mol. The van der Waals surface area contributed by atoms with Gasteiger partial charge in [-0.05, 0) is 71.5 Å². The molecule has 0 aliphatic carbocycles. The van der Waals surface area contributed by atoms with Crippen LogP contribution >= 0.6 is 0 Å². The largest absolute Gasteiger partial charge is 0.508 e. The zero-order chi connectivity index (χ0) is 21.0. The van der Waals surface area contributed by atoms with E-state index < -0.39 is 5.41 Å². The molecular weight excluding hydrogens is 372 g/mol. The van der Waals surface area contributed by atoms with E-state index in [0.717, 1.165) is 29.5 Å². The molecule has 150 valence electrons. The molecule has 0 unspecified atom stereocenters. The Morgan fingerprint density at radius 1 is 0.467 bits per heavy atom. The summed E-state index contributed by atoms with van der Waals surface area (Å²) in [6.07, 6.45) is 1.61. The monoisotopic (exact) mass is 396 g/mol. The molecule has 0 amide bonds. The highest BCUT2D eigenvalue weighted by atomic mass is 16.3. The van der Waals surface area contributed by atoms with Crippen molar-refractivity contribution in [3.05, 3.63) is 125 Å². The number of phenolic OH excluding ortho intramolecular Hbond substituents is 3. The number of rotatable bonds is 6. The highest BCUT2D eigenvalue weighted by molar-refractivity contribution is 5.53. The van der Waals surface area contributed by atoms with Crippen molar-refractivity contribution in [2.45, 2.75) is 18.3 Å². The van der Waals surface area contributed by atoms with Gasteiger partial charge in [0.1, 0.15) is 17.2 Å². The molecule has 0 fully saturated rings. The summed E-state index contributed by atoms with van der Waals surface area (Å²) in [5, 5.41) is 29.6. The molecule has 0 bridgehead atoms. The Hall–Kier alpha value is -3.72. The second-order valence-electron chi connectivity index (χ2n) is 7.53. The summed E-state index contributed by atoms with van der Waals surface area (Å²) in [4.78, 5) is 0. The molecule has 0 aliphatic rings. The lowest BCUT2D eigenvalue weighted by atomic mass is 9.66. The molecule has 0 heterocycles. The van der Waals surface area contributed by atoms with Gasteiger partial charge in [-0.25, -0.2) is 0 Å².